The van der Waals surface area contributed by atoms with Crippen molar-refractivity contribution in [2.24, 2.45) is 0 Å². The fraction of sp³-hybridized carbons (Fsp3) is 0.316. The van der Waals surface area contributed by atoms with E-state index in [-0.39, 0.29) is 11.7 Å². The molecule has 0 spiro atoms. The number of nitrogens with one attached hydrogen (secondary N) is 1. The summed E-state index contributed by atoms with van der Waals surface area (Å²) in [6, 6.07) is 14.5. The maximum atomic E-state index is 12.8. The van der Waals surface area contributed by atoms with Crippen molar-refractivity contribution in [1.29, 1.82) is 0 Å². The predicted octanol–water partition coefficient (Wildman–Crippen LogP) is 2.92. The first-order valence-electron chi connectivity index (χ1n) is 7.79. The molecule has 0 bridgehead atoms. The number of hydrogen-bond acceptors (Lipinski definition) is 2. The molecule has 122 valence electrons. The lowest BCUT2D eigenvalue weighted by Gasteiger charge is -2.17. The molecule has 0 heterocycles. The van der Waals surface area contributed by atoms with E-state index in [9.17, 15) is 9.18 Å². The number of carbonyl (C=O) groups is 1. The minimum absolute atomic E-state index is 0.00296. The average molecular weight is 314 g/mol. The van der Waals surface area contributed by atoms with Gasteiger partial charge in [0, 0.05) is 13.1 Å². The molecule has 0 radical (unpaired) electrons. The second kappa shape index (κ2) is 8.44. The van der Waals surface area contributed by atoms with E-state index in [0.29, 0.717) is 19.5 Å². The van der Waals surface area contributed by atoms with Crippen LogP contribution in [0.3, 0.4) is 0 Å². The van der Waals surface area contributed by atoms with Gasteiger partial charge in [0.15, 0.2) is 0 Å². The molecule has 0 fully saturated rings. The largest absolute Gasteiger partial charge is 0.355 e. The Morgan fingerprint density at radius 3 is 2.52 bits per heavy atom. The molecule has 0 aliphatic rings. The van der Waals surface area contributed by atoms with Gasteiger partial charge in [-0.15, -0.1) is 0 Å². The van der Waals surface area contributed by atoms with Crippen LogP contribution in [0.1, 0.15) is 16.7 Å². The van der Waals surface area contributed by atoms with Crippen LogP contribution in [0.5, 0.6) is 0 Å². The van der Waals surface area contributed by atoms with E-state index in [1.807, 2.05) is 24.1 Å². The molecule has 2 aromatic carbocycles. The third kappa shape index (κ3) is 5.83. The smallest absolute Gasteiger partial charge is 0.234 e. The van der Waals surface area contributed by atoms with Crippen LogP contribution in [0, 0.1) is 12.7 Å². The molecule has 4 heteroatoms. The van der Waals surface area contributed by atoms with Crippen LogP contribution in [0.25, 0.3) is 0 Å². The minimum atomic E-state index is -0.240. The molecule has 2 rings (SSSR count). The molecule has 1 amide bonds. The van der Waals surface area contributed by atoms with Crippen molar-refractivity contribution in [1.82, 2.24) is 10.2 Å². The first kappa shape index (κ1) is 17.2. The highest BCUT2D eigenvalue weighted by Gasteiger charge is 2.08. The molecule has 0 aliphatic heterocycles. The van der Waals surface area contributed by atoms with Gasteiger partial charge in [0.05, 0.1) is 6.54 Å². The number of likely N-dealkylation sites (N-methyl/N-ethyl adjacent to an activating group) is 1. The minimum Gasteiger partial charge on any atom is -0.355 e. The highest BCUT2D eigenvalue weighted by molar-refractivity contribution is 5.77. The van der Waals surface area contributed by atoms with Gasteiger partial charge in [-0.05, 0) is 49.2 Å². The summed E-state index contributed by atoms with van der Waals surface area (Å²) < 4.78 is 12.8. The van der Waals surface area contributed by atoms with Crippen molar-refractivity contribution in [3.63, 3.8) is 0 Å². The average Bonchev–Trinajstić information content (AvgIpc) is 2.51. The lowest BCUT2D eigenvalue weighted by Crippen LogP contribution is -2.35. The Morgan fingerprint density at radius 2 is 1.83 bits per heavy atom. The fourth-order valence-electron chi connectivity index (χ4n) is 2.43. The van der Waals surface area contributed by atoms with Gasteiger partial charge in [0.1, 0.15) is 5.82 Å². The fourth-order valence-corrected chi connectivity index (χ4v) is 2.43. The molecule has 0 atom stereocenters. The molecule has 0 aliphatic carbocycles. The van der Waals surface area contributed by atoms with Crippen LogP contribution in [0.2, 0.25) is 0 Å². The zero-order chi connectivity index (χ0) is 16.7. The van der Waals surface area contributed by atoms with Gasteiger partial charge in [0.2, 0.25) is 5.91 Å². The Labute approximate surface area is 137 Å². The topological polar surface area (TPSA) is 32.3 Å². The van der Waals surface area contributed by atoms with Crippen molar-refractivity contribution in [2.75, 3.05) is 20.1 Å². The first-order chi connectivity index (χ1) is 11.0. The number of nitrogens with zero attached hydrogens (tertiary/aromatic N) is 1. The third-order valence-corrected chi connectivity index (χ3v) is 3.76. The van der Waals surface area contributed by atoms with Crippen molar-refractivity contribution < 1.29 is 9.18 Å². The van der Waals surface area contributed by atoms with Crippen molar-refractivity contribution >= 4 is 5.91 Å². The van der Waals surface area contributed by atoms with E-state index in [1.165, 1.54) is 23.3 Å². The normalized spacial score (nSPS) is 10.8. The zero-order valence-corrected chi connectivity index (χ0v) is 13.7. The number of benzene rings is 2. The molecule has 0 unspecified atom stereocenters. The molecule has 0 saturated heterocycles. The lowest BCUT2D eigenvalue weighted by molar-refractivity contribution is -0.122. The second-order valence-corrected chi connectivity index (χ2v) is 5.83. The monoisotopic (exact) mass is 314 g/mol. The van der Waals surface area contributed by atoms with Crippen LogP contribution in [0.15, 0.2) is 48.5 Å². The van der Waals surface area contributed by atoms with Crippen LogP contribution in [-0.2, 0) is 17.8 Å². The summed E-state index contributed by atoms with van der Waals surface area (Å²) in [5, 5.41) is 2.90. The van der Waals surface area contributed by atoms with E-state index < -0.39 is 0 Å². The van der Waals surface area contributed by atoms with Gasteiger partial charge >= 0.3 is 0 Å². The number of aryl methyl sites for hydroxylation is 1. The molecule has 23 heavy (non-hydrogen) atoms. The summed E-state index contributed by atoms with van der Waals surface area (Å²) in [5.41, 5.74) is 3.48. The first-order valence-corrected chi connectivity index (χ1v) is 7.79. The van der Waals surface area contributed by atoms with Gasteiger partial charge in [-0.2, -0.15) is 0 Å². The number of carbonyl (C=O) groups excluding carboxylic acids is 1. The Morgan fingerprint density at radius 1 is 1.13 bits per heavy atom. The maximum Gasteiger partial charge on any atom is 0.234 e. The molecule has 3 nitrogen and oxygen atoms in total. The van der Waals surface area contributed by atoms with Crippen molar-refractivity contribution in [3.8, 4) is 0 Å². The van der Waals surface area contributed by atoms with Crippen LogP contribution in [-0.4, -0.2) is 30.9 Å². The predicted molar refractivity (Wildman–Crippen MR) is 90.6 cm³/mol. The lowest BCUT2D eigenvalue weighted by atomic mass is 10.1. The second-order valence-electron chi connectivity index (χ2n) is 5.83. The van der Waals surface area contributed by atoms with Gasteiger partial charge in [-0.25, -0.2) is 4.39 Å². The molecule has 0 saturated carbocycles. The van der Waals surface area contributed by atoms with Gasteiger partial charge in [-0.3, -0.25) is 9.69 Å². The van der Waals surface area contributed by atoms with E-state index in [2.05, 4.69) is 24.4 Å². The van der Waals surface area contributed by atoms with Gasteiger partial charge < -0.3 is 5.32 Å². The van der Waals surface area contributed by atoms with Crippen molar-refractivity contribution in [3.05, 3.63) is 71.0 Å². The van der Waals surface area contributed by atoms with Crippen LogP contribution in [0.4, 0.5) is 4.39 Å². The SMILES string of the molecule is Cc1ccccc1CN(C)CC(=O)NCCc1ccc(F)cc1. The Kier molecular flexibility index (Phi) is 6.29. The third-order valence-electron chi connectivity index (χ3n) is 3.76. The molecule has 2 aromatic rings. The van der Waals surface area contributed by atoms with Crippen molar-refractivity contribution in [2.45, 2.75) is 19.9 Å². The number of rotatable bonds is 7. The summed E-state index contributed by atoms with van der Waals surface area (Å²) in [7, 11) is 1.94. The summed E-state index contributed by atoms with van der Waals surface area (Å²) >= 11 is 0. The summed E-state index contributed by atoms with van der Waals surface area (Å²) in [6.07, 6.45) is 0.702. The Hall–Kier alpha value is -2.20. The highest BCUT2D eigenvalue weighted by Crippen LogP contribution is 2.09. The van der Waals surface area contributed by atoms with Gasteiger partial charge in [-0.1, -0.05) is 36.4 Å². The molecular formula is C19H23FN2O. The highest BCUT2D eigenvalue weighted by atomic mass is 19.1. The van der Waals surface area contributed by atoms with Crippen LogP contribution >= 0.6 is 0 Å². The quantitative estimate of drug-likeness (QED) is 0.852. The van der Waals surface area contributed by atoms with E-state index >= 15 is 0 Å². The van der Waals surface area contributed by atoms with E-state index in [0.717, 1.165) is 12.1 Å². The molecule has 1 N–H and O–H groups in total. The number of hydrogen-bond donors (Lipinski definition) is 1. The van der Waals surface area contributed by atoms with E-state index in [1.54, 1.807) is 12.1 Å². The number of halogens is 1. The Bertz CT molecular complexity index is 640. The molecular weight excluding hydrogens is 291 g/mol. The van der Waals surface area contributed by atoms with Crippen LogP contribution < -0.4 is 5.32 Å². The summed E-state index contributed by atoms with van der Waals surface area (Å²) in [4.78, 5) is 14.0. The van der Waals surface area contributed by atoms with Gasteiger partial charge in [0.25, 0.3) is 0 Å². The summed E-state index contributed by atoms with van der Waals surface area (Å²) in [6.45, 7) is 3.74. The maximum absolute atomic E-state index is 12.8. The zero-order valence-electron chi connectivity index (χ0n) is 13.7. The summed E-state index contributed by atoms with van der Waals surface area (Å²) in [5.74, 6) is -0.237. The standard InChI is InChI=1S/C19H23FN2O/c1-15-5-3-4-6-17(15)13-22(2)14-19(23)21-12-11-16-7-9-18(20)10-8-16/h3-10H,11-14H2,1-2H3,(H,21,23). The number of amides is 1. The Balaban J connectivity index is 1.72. The molecule has 0 aromatic heterocycles. The van der Waals surface area contributed by atoms with E-state index in [4.69, 9.17) is 0 Å².